The van der Waals surface area contributed by atoms with Crippen LogP contribution in [-0.4, -0.2) is 29.4 Å². The van der Waals surface area contributed by atoms with E-state index in [1.54, 1.807) is 0 Å². The molecule has 0 bridgehead atoms. The maximum Gasteiger partial charge on any atom is 0.192 e. The summed E-state index contributed by atoms with van der Waals surface area (Å²) in [7, 11) is -6.29. The Morgan fingerprint density at radius 2 is 1.66 bits per heavy atom. The van der Waals surface area contributed by atoms with Crippen LogP contribution in [0, 0.1) is 17.6 Å². The van der Waals surface area contributed by atoms with Gasteiger partial charge in [-0.15, -0.1) is 0 Å². The van der Waals surface area contributed by atoms with Gasteiger partial charge in [-0.25, -0.2) is 17.2 Å². The molecule has 0 radical (unpaired) electrons. The van der Waals surface area contributed by atoms with Gasteiger partial charge in [0.2, 0.25) is 0 Å². The monoisotopic (exact) mass is 542 g/mol. The fourth-order valence-corrected chi connectivity index (χ4v) is 9.10. The second-order valence-electron chi connectivity index (χ2n) is 11.2. The Morgan fingerprint density at radius 3 is 2.29 bits per heavy atom. The number of fused-ring (bicyclic) bond motifs is 3. The van der Waals surface area contributed by atoms with E-state index in [1.807, 2.05) is 0 Å². The molecule has 1 saturated carbocycles. The fraction of sp³-hybridized carbons (Fsp3) is 0.538. The Kier molecular flexibility index (Phi) is 6.92. The van der Waals surface area contributed by atoms with Gasteiger partial charge in [-0.1, -0.05) is 32.4 Å². The smallest absolute Gasteiger partial charge is 0.192 e. The van der Waals surface area contributed by atoms with Gasteiger partial charge in [-0.2, -0.15) is 0 Å². The van der Waals surface area contributed by atoms with Crippen molar-refractivity contribution >= 4 is 29.8 Å². The molecule has 1 fully saturated rings. The van der Waals surface area contributed by atoms with Gasteiger partial charge in [0.05, 0.1) is 17.1 Å². The van der Waals surface area contributed by atoms with Crippen molar-refractivity contribution in [3.8, 4) is 5.75 Å². The van der Waals surface area contributed by atoms with Crippen molar-refractivity contribution in [2.45, 2.75) is 80.3 Å². The summed E-state index contributed by atoms with van der Waals surface area (Å²) in [6, 6.07) is 7.85. The van der Waals surface area contributed by atoms with E-state index in [0.29, 0.717) is 24.3 Å². The second kappa shape index (κ2) is 9.12. The van der Waals surface area contributed by atoms with Gasteiger partial charge in [0.25, 0.3) is 0 Å². The van der Waals surface area contributed by atoms with Crippen LogP contribution in [0.1, 0.15) is 52.0 Å². The largest absolute Gasteiger partial charge is 0.490 e. The van der Waals surface area contributed by atoms with Crippen LogP contribution >= 0.6 is 11.6 Å². The molecule has 0 aromatic heterocycles. The highest BCUT2D eigenvalue weighted by Crippen LogP contribution is 2.56. The number of ether oxygens (including phenoxy) is 1. The van der Waals surface area contributed by atoms with E-state index in [0.717, 1.165) is 12.1 Å². The molecule has 0 spiro atoms. The molecule has 192 valence electrons. The molecule has 9 heteroatoms. The minimum Gasteiger partial charge on any atom is -0.490 e. The molecule has 0 N–H and O–H groups in total. The van der Waals surface area contributed by atoms with Crippen molar-refractivity contribution in [3.05, 3.63) is 58.6 Å². The third-order valence-corrected chi connectivity index (χ3v) is 15.5. The maximum atomic E-state index is 15.5. The lowest BCUT2D eigenvalue weighted by Crippen LogP contribution is -2.48. The third-order valence-electron chi connectivity index (χ3n) is 8.12. The molecular formula is C26H33ClF2O4SSi. The van der Waals surface area contributed by atoms with E-state index >= 15 is 4.39 Å². The third kappa shape index (κ3) is 4.45. The quantitative estimate of drug-likeness (QED) is 0.381. The SMILES string of the molecule is CC(C)(C)[Si](C)(C)OC1CC[C@H]2COc3c(F)ccc(F)c3[C@@]2(S(=O)(=O)c2ccc(Cl)cc2)CC1. The average molecular weight is 543 g/mol. The van der Waals surface area contributed by atoms with Gasteiger partial charge in [0.1, 0.15) is 10.6 Å². The lowest BCUT2D eigenvalue weighted by atomic mass is 9.79. The van der Waals surface area contributed by atoms with Gasteiger partial charge in [0, 0.05) is 17.0 Å². The van der Waals surface area contributed by atoms with Gasteiger partial charge >= 0.3 is 0 Å². The van der Waals surface area contributed by atoms with Crippen LogP contribution in [0.2, 0.25) is 23.2 Å². The standard InChI is InChI=1S/C26H33ClF2O4SSi/c1-25(2,3)35(4,5)33-19-9-6-17-16-32-24-22(29)13-12-21(28)23(24)26(17,15-14-19)34(30,31)20-10-7-18(27)8-11-20/h7-8,10-13,17,19H,6,9,14-16H2,1-5H3/t17-,19?,26+/m0/s1. The van der Waals surface area contributed by atoms with Gasteiger partial charge in [-0.05, 0) is 80.2 Å². The molecule has 3 atom stereocenters. The molecule has 0 amide bonds. The van der Waals surface area contributed by atoms with Crippen molar-refractivity contribution in [3.63, 3.8) is 0 Å². The lowest BCUT2D eigenvalue weighted by Gasteiger charge is -2.43. The van der Waals surface area contributed by atoms with Crippen LogP contribution < -0.4 is 4.74 Å². The van der Waals surface area contributed by atoms with Crippen LogP contribution in [0.15, 0.2) is 41.3 Å². The fourth-order valence-electron chi connectivity index (χ4n) is 5.17. The first-order valence-electron chi connectivity index (χ1n) is 12.0. The van der Waals surface area contributed by atoms with Gasteiger partial charge in [-0.3, -0.25) is 0 Å². The Hall–Kier alpha value is -1.48. The van der Waals surface area contributed by atoms with E-state index in [1.165, 1.54) is 24.3 Å². The van der Waals surface area contributed by atoms with Crippen LogP contribution in [0.4, 0.5) is 8.78 Å². The number of hydrogen-bond donors (Lipinski definition) is 0. The highest BCUT2D eigenvalue weighted by atomic mass is 35.5. The molecule has 2 aromatic carbocycles. The number of hydrogen-bond acceptors (Lipinski definition) is 4. The lowest BCUT2D eigenvalue weighted by molar-refractivity contribution is 0.149. The normalized spacial score (nSPS) is 25.3. The van der Waals surface area contributed by atoms with Crippen LogP contribution in [0.3, 0.4) is 0 Å². The molecule has 1 unspecified atom stereocenters. The Balaban J connectivity index is 1.87. The van der Waals surface area contributed by atoms with E-state index < -0.39 is 40.5 Å². The molecular weight excluding hydrogens is 510 g/mol. The average Bonchev–Trinajstić information content (AvgIpc) is 2.96. The molecule has 1 aliphatic carbocycles. The van der Waals surface area contributed by atoms with Gasteiger partial charge in [0.15, 0.2) is 29.7 Å². The van der Waals surface area contributed by atoms with Crippen LogP contribution in [-0.2, 0) is 19.0 Å². The molecule has 4 nitrogen and oxygen atoms in total. The molecule has 1 heterocycles. The molecule has 2 aliphatic rings. The van der Waals surface area contributed by atoms with E-state index in [2.05, 4.69) is 33.9 Å². The predicted molar refractivity (Wildman–Crippen MR) is 136 cm³/mol. The zero-order valence-electron chi connectivity index (χ0n) is 20.8. The second-order valence-corrected chi connectivity index (χ2v) is 18.6. The van der Waals surface area contributed by atoms with Crippen LogP contribution in [0.5, 0.6) is 5.75 Å². The van der Waals surface area contributed by atoms with Crippen LogP contribution in [0.25, 0.3) is 0 Å². The summed E-state index contributed by atoms with van der Waals surface area (Å²) in [5.74, 6) is -2.39. The summed E-state index contributed by atoms with van der Waals surface area (Å²) in [4.78, 5) is 0.0344. The number of benzene rings is 2. The van der Waals surface area contributed by atoms with Crippen molar-refractivity contribution in [1.29, 1.82) is 0 Å². The molecule has 2 aromatic rings. The molecule has 1 aliphatic heterocycles. The molecule has 35 heavy (non-hydrogen) atoms. The Morgan fingerprint density at radius 1 is 1.03 bits per heavy atom. The summed E-state index contributed by atoms with van der Waals surface area (Å²) in [5.41, 5.74) is -0.198. The first-order valence-corrected chi connectivity index (χ1v) is 16.8. The van der Waals surface area contributed by atoms with E-state index in [9.17, 15) is 12.8 Å². The van der Waals surface area contributed by atoms with Crippen molar-refractivity contribution in [2.75, 3.05) is 6.61 Å². The number of sulfone groups is 1. The predicted octanol–water partition coefficient (Wildman–Crippen LogP) is 7.26. The zero-order chi connectivity index (χ0) is 25.8. The molecule has 0 saturated heterocycles. The van der Waals surface area contributed by atoms with Crippen molar-refractivity contribution in [2.24, 2.45) is 5.92 Å². The molecule has 4 rings (SSSR count). The minimum absolute atomic E-state index is 0.00694. The Labute approximate surface area is 213 Å². The first-order chi connectivity index (χ1) is 16.2. The van der Waals surface area contributed by atoms with Crippen molar-refractivity contribution < 1.29 is 26.4 Å². The van der Waals surface area contributed by atoms with E-state index in [4.69, 9.17) is 20.8 Å². The van der Waals surface area contributed by atoms with Gasteiger partial charge < -0.3 is 9.16 Å². The zero-order valence-corrected chi connectivity index (χ0v) is 23.4. The first kappa shape index (κ1) is 26.6. The summed E-state index contributed by atoms with van der Waals surface area (Å²) < 4.78 is 69.7. The topological polar surface area (TPSA) is 52.6 Å². The summed E-state index contributed by atoms with van der Waals surface area (Å²) in [6.45, 7) is 10.8. The highest BCUT2D eigenvalue weighted by Gasteiger charge is 2.58. The summed E-state index contributed by atoms with van der Waals surface area (Å²) in [5, 5.41) is 0.385. The summed E-state index contributed by atoms with van der Waals surface area (Å²) in [6.07, 6.45) is 1.45. The minimum atomic E-state index is -4.16. The summed E-state index contributed by atoms with van der Waals surface area (Å²) >= 11 is 6.02. The Bertz CT molecular complexity index is 1210. The van der Waals surface area contributed by atoms with E-state index in [-0.39, 0.29) is 40.4 Å². The van der Waals surface area contributed by atoms with Crippen molar-refractivity contribution in [1.82, 2.24) is 0 Å². The maximum absolute atomic E-state index is 15.5. The number of rotatable bonds is 4. The number of halogens is 3. The highest BCUT2D eigenvalue weighted by molar-refractivity contribution is 7.92.